The first-order valence-corrected chi connectivity index (χ1v) is 7.37. The zero-order chi connectivity index (χ0) is 13.7. The summed E-state index contributed by atoms with van der Waals surface area (Å²) in [4.78, 5) is 2.59. The van der Waals surface area contributed by atoms with Crippen molar-refractivity contribution in [3.8, 4) is 5.75 Å². The summed E-state index contributed by atoms with van der Waals surface area (Å²) in [6, 6.07) is 9.40. The molecule has 1 aromatic carbocycles. The highest BCUT2D eigenvalue weighted by molar-refractivity contribution is 5.30. The van der Waals surface area contributed by atoms with Crippen molar-refractivity contribution >= 4 is 0 Å². The first kappa shape index (κ1) is 14.4. The number of ether oxygens (including phenoxy) is 1. The molecule has 0 amide bonds. The van der Waals surface area contributed by atoms with Crippen molar-refractivity contribution in [3.63, 3.8) is 0 Å². The highest BCUT2D eigenvalue weighted by atomic mass is 16.5. The van der Waals surface area contributed by atoms with Crippen LogP contribution >= 0.6 is 0 Å². The lowest BCUT2D eigenvalue weighted by atomic mass is 9.99. The van der Waals surface area contributed by atoms with Gasteiger partial charge in [-0.2, -0.15) is 0 Å². The smallest absolute Gasteiger partial charge is 0.118 e. The maximum Gasteiger partial charge on any atom is 0.118 e. The zero-order valence-corrected chi connectivity index (χ0v) is 12.4. The summed E-state index contributed by atoms with van der Waals surface area (Å²) in [5, 5.41) is 3.63. The number of benzene rings is 1. The quantitative estimate of drug-likeness (QED) is 0.853. The van der Waals surface area contributed by atoms with Crippen molar-refractivity contribution < 1.29 is 4.74 Å². The van der Waals surface area contributed by atoms with E-state index in [9.17, 15) is 0 Å². The second kappa shape index (κ2) is 6.92. The van der Waals surface area contributed by atoms with E-state index in [1.807, 2.05) is 0 Å². The molecule has 1 heterocycles. The minimum Gasteiger partial charge on any atom is -0.497 e. The Labute approximate surface area is 116 Å². The molecule has 0 radical (unpaired) electrons. The lowest BCUT2D eigenvalue weighted by Gasteiger charge is -2.32. The fourth-order valence-corrected chi connectivity index (χ4v) is 2.96. The third-order valence-corrected chi connectivity index (χ3v) is 4.10. The number of nitrogens with zero attached hydrogens (tertiary/aromatic N) is 1. The summed E-state index contributed by atoms with van der Waals surface area (Å²) in [5.74, 6) is 0.924. The average molecular weight is 262 g/mol. The van der Waals surface area contributed by atoms with Gasteiger partial charge in [0, 0.05) is 12.1 Å². The van der Waals surface area contributed by atoms with Crippen LogP contribution in [0.15, 0.2) is 24.3 Å². The summed E-state index contributed by atoms with van der Waals surface area (Å²) in [6.07, 6.45) is 2.68. The van der Waals surface area contributed by atoms with Crippen molar-refractivity contribution in [2.24, 2.45) is 0 Å². The molecule has 3 nitrogen and oxygen atoms in total. The lowest BCUT2D eigenvalue weighted by Crippen LogP contribution is -2.41. The van der Waals surface area contributed by atoms with E-state index in [0.29, 0.717) is 12.1 Å². The van der Waals surface area contributed by atoms with Gasteiger partial charge in [-0.05, 0) is 57.1 Å². The highest BCUT2D eigenvalue weighted by Gasteiger charge is 2.26. The van der Waals surface area contributed by atoms with Crippen LogP contribution in [0.25, 0.3) is 0 Å². The van der Waals surface area contributed by atoms with Gasteiger partial charge in [-0.15, -0.1) is 0 Å². The summed E-state index contributed by atoms with van der Waals surface area (Å²) in [6.45, 7) is 7.98. The Balaban J connectivity index is 2.12. The third kappa shape index (κ3) is 3.48. The van der Waals surface area contributed by atoms with E-state index >= 15 is 0 Å². The molecule has 0 spiro atoms. The molecule has 1 N–H and O–H groups in total. The maximum atomic E-state index is 5.24. The third-order valence-electron chi connectivity index (χ3n) is 4.10. The lowest BCUT2D eigenvalue weighted by molar-refractivity contribution is 0.208. The Hall–Kier alpha value is -1.06. The van der Waals surface area contributed by atoms with E-state index in [1.54, 1.807) is 7.11 Å². The van der Waals surface area contributed by atoms with Crippen molar-refractivity contribution in [2.75, 3.05) is 26.7 Å². The van der Waals surface area contributed by atoms with Gasteiger partial charge in [0.15, 0.2) is 0 Å². The number of rotatable bonds is 6. The number of hydrogen-bond donors (Lipinski definition) is 1. The average Bonchev–Trinajstić information content (AvgIpc) is 2.98. The number of hydrogen-bond acceptors (Lipinski definition) is 3. The van der Waals surface area contributed by atoms with Crippen LogP contribution in [-0.2, 0) is 0 Å². The molecule has 2 atom stereocenters. The van der Waals surface area contributed by atoms with Gasteiger partial charge in [0.2, 0.25) is 0 Å². The van der Waals surface area contributed by atoms with Crippen LogP contribution in [0.4, 0.5) is 0 Å². The second-order valence-corrected chi connectivity index (χ2v) is 5.29. The molecular formula is C16H26N2O. The highest BCUT2D eigenvalue weighted by Crippen LogP contribution is 2.25. The monoisotopic (exact) mass is 262 g/mol. The molecule has 1 aliphatic rings. The van der Waals surface area contributed by atoms with E-state index in [2.05, 4.69) is 48.3 Å². The molecule has 2 unspecified atom stereocenters. The summed E-state index contributed by atoms with van der Waals surface area (Å²) < 4.78 is 5.24. The molecule has 19 heavy (non-hydrogen) atoms. The van der Waals surface area contributed by atoms with Gasteiger partial charge in [-0.1, -0.05) is 19.1 Å². The van der Waals surface area contributed by atoms with E-state index < -0.39 is 0 Å². The molecule has 0 bridgehead atoms. The zero-order valence-electron chi connectivity index (χ0n) is 12.4. The normalized spacial score (nSPS) is 19.3. The van der Waals surface area contributed by atoms with Crippen LogP contribution in [-0.4, -0.2) is 37.7 Å². The van der Waals surface area contributed by atoms with Crippen LogP contribution in [0, 0.1) is 0 Å². The van der Waals surface area contributed by atoms with Crippen molar-refractivity contribution in [1.29, 1.82) is 0 Å². The molecule has 1 aliphatic heterocycles. The number of likely N-dealkylation sites (N-methyl/N-ethyl adjacent to an activating group) is 1. The van der Waals surface area contributed by atoms with Gasteiger partial charge in [-0.25, -0.2) is 0 Å². The van der Waals surface area contributed by atoms with Crippen LogP contribution in [0.2, 0.25) is 0 Å². The topological polar surface area (TPSA) is 24.5 Å². The Bertz CT molecular complexity index is 371. The van der Waals surface area contributed by atoms with Gasteiger partial charge in [-0.3, -0.25) is 4.90 Å². The maximum absolute atomic E-state index is 5.24. The SMILES string of the molecule is CCNC(c1ccc(OC)cc1)C(C)N1CCCC1. The molecule has 1 saturated heterocycles. The van der Waals surface area contributed by atoms with Gasteiger partial charge in [0.05, 0.1) is 7.11 Å². The van der Waals surface area contributed by atoms with E-state index in [4.69, 9.17) is 4.74 Å². The van der Waals surface area contributed by atoms with Gasteiger partial charge >= 0.3 is 0 Å². The summed E-state index contributed by atoms with van der Waals surface area (Å²) >= 11 is 0. The van der Waals surface area contributed by atoms with Gasteiger partial charge < -0.3 is 10.1 Å². The molecule has 3 heteroatoms. The molecule has 1 fully saturated rings. The summed E-state index contributed by atoms with van der Waals surface area (Å²) in [5.41, 5.74) is 1.35. The second-order valence-electron chi connectivity index (χ2n) is 5.29. The molecule has 0 aliphatic carbocycles. The molecule has 106 valence electrons. The van der Waals surface area contributed by atoms with Crippen LogP contribution < -0.4 is 10.1 Å². The van der Waals surface area contributed by atoms with E-state index in [-0.39, 0.29) is 0 Å². The predicted molar refractivity (Wildman–Crippen MR) is 79.7 cm³/mol. The largest absolute Gasteiger partial charge is 0.497 e. The van der Waals surface area contributed by atoms with Crippen LogP contribution in [0.5, 0.6) is 5.75 Å². The minimum atomic E-state index is 0.397. The van der Waals surface area contributed by atoms with Crippen LogP contribution in [0.3, 0.4) is 0 Å². The number of methoxy groups -OCH3 is 1. The fourth-order valence-electron chi connectivity index (χ4n) is 2.96. The van der Waals surface area contributed by atoms with Gasteiger partial charge in [0.25, 0.3) is 0 Å². The van der Waals surface area contributed by atoms with Gasteiger partial charge in [0.1, 0.15) is 5.75 Å². The standard InChI is InChI=1S/C16H26N2O/c1-4-17-16(13(2)18-11-5-6-12-18)14-7-9-15(19-3)10-8-14/h7-10,13,16-17H,4-6,11-12H2,1-3H3. The molecular weight excluding hydrogens is 236 g/mol. The Kier molecular flexibility index (Phi) is 5.23. The fraction of sp³-hybridized carbons (Fsp3) is 0.625. The number of nitrogens with one attached hydrogen (secondary N) is 1. The van der Waals surface area contributed by atoms with Crippen molar-refractivity contribution in [3.05, 3.63) is 29.8 Å². The molecule has 0 aromatic heterocycles. The number of likely N-dealkylation sites (tertiary alicyclic amines) is 1. The summed E-state index contributed by atoms with van der Waals surface area (Å²) in [7, 11) is 1.71. The molecule has 0 saturated carbocycles. The Morgan fingerprint density at radius 3 is 2.37 bits per heavy atom. The first-order valence-electron chi connectivity index (χ1n) is 7.37. The van der Waals surface area contributed by atoms with E-state index in [1.165, 1.54) is 31.5 Å². The molecule has 2 rings (SSSR count). The van der Waals surface area contributed by atoms with Crippen molar-refractivity contribution in [1.82, 2.24) is 10.2 Å². The van der Waals surface area contributed by atoms with E-state index in [0.717, 1.165) is 12.3 Å². The van der Waals surface area contributed by atoms with Crippen molar-refractivity contribution in [2.45, 2.75) is 38.8 Å². The minimum absolute atomic E-state index is 0.397. The first-order chi connectivity index (χ1) is 9.26. The Morgan fingerprint density at radius 1 is 1.21 bits per heavy atom. The predicted octanol–water partition coefficient (Wildman–Crippen LogP) is 2.83. The Morgan fingerprint density at radius 2 is 1.84 bits per heavy atom. The van der Waals surface area contributed by atoms with Crippen LogP contribution in [0.1, 0.15) is 38.3 Å². The molecule has 1 aromatic rings.